The van der Waals surface area contributed by atoms with Crippen LogP contribution in [0, 0.1) is 0 Å². The maximum Gasteiger partial charge on any atom is 0.251 e. The van der Waals surface area contributed by atoms with Gasteiger partial charge >= 0.3 is 0 Å². The summed E-state index contributed by atoms with van der Waals surface area (Å²) in [5.74, 6) is 0.928. The minimum atomic E-state index is -0.366. The molecule has 0 saturated carbocycles. The number of aromatic nitrogens is 1. The maximum absolute atomic E-state index is 13.2. The van der Waals surface area contributed by atoms with Crippen molar-refractivity contribution in [1.82, 2.24) is 9.88 Å². The lowest BCUT2D eigenvalue weighted by atomic mass is 9.96. The van der Waals surface area contributed by atoms with Gasteiger partial charge in [-0.15, -0.1) is 11.3 Å². The number of thiazole rings is 1. The number of likely N-dealkylation sites (tertiary alicyclic amines) is 1. The topological polar surface area (TPSA) is 62.7 Å². The molecule has 0 radical (unpaired) electrons. The Morgan fingerprint density at radius 3 is 2.53 bits per heavy atom. The zero-order chi connectivity index (χ0) is 22.1. The number of para-hydroxylation sites is 1. The van der Waals surface area contributed by atoms with Gasteiger partial charge in [-0.05, 0) is 68.8 Å². The van der Waals surface area contributed by atoms with E-state index in [0.29, 0.717) is 18.2 Å². The van der Waals surface area contributed by atoms with E-state index in [0.717, 1.165) is 43.6 Å². The van der Waals surface area contributed by atoms with Gasteiger partial charge in [0.2, 0.25) is 5.91 Å². The molecule has 166 valence electrons. The molecule has 3 aromatic rings. The van der Waals surface area contributed by atoms with Crippen LogP contribution in [0.1, 0.15) is 43.5 Å². The average molecular weight is 450 g/mol. The quantitative estimate of drug-likeness (QED) is 0.515. The highest BCUT2D eigenvalue weighted by atomic mass is 32.1. The van der Waals surface area contributed by atoms with Crippen LogP contribution in [0.2, 0.25) is 0 Å². The molecule has 1 aromatic heterocycles. The molecule has 0 aliphatic carbocycles. The van der Waals surface area contributed by atoms with Crippen molar-refractivity contribution in [2.24, 2.45) is 0 Å². The van der Waals surface area contributed by atoms with Crippen LogP contribution >= 0.6 is 11.3 Å². The second-order valence-corrected chi connectivity index (χ2v) is 9.52. The summed E-state index contributed by atoms with van der Waals surface area (Å²) in [5.41, 5.74) is 1.68. The number of piperidine rings is 1. The molecular formula is C25H27N3O3S. The van der Waals surface area contributed by atoms with Crippen LogP contribution in [0.15, 0.2) is 48.5 Å². The monoisotopic (exact) mass is 449 g/mol. The Balaban J connectivity index is 1.23. The van der Waals surface area contributed by atoms with Crippen LogP contribution < -0.4 is 9.64 Å². The highest BCUT2D eigenvalue weighted by molar-refractivity contribution is 7.18. The molecule has 2 aliphatic heterocycles. The summed E-state index contributed by atoms with van der Waals surface area (Å²) in [6.45, 7) is 4.32. The number of carbonyl (C=O) groups is 2. The SMILES string of the molecule is CCCOc1ccc(N2C(=O)C[C@H](N3CCC(c4nc5ccccc5s4)CC3)C2=O)cc1. The lowest BCUT2D eigenvalue weighted by molar-refractivity contribution is -0.123. The number of carbonyl (C=O) groups excluding carboxylic acids is 2. The van der Waals surface area contributed by atoms with E-state index in [4.69, 9.17) is 9.72 Å². The largest absolute Gasteiger partial charge is 0.494 e. The van der Waals surface area contributed by atoms with Gasteiger partial charge in [-0.3, -0.25) is 14.5 Å². The molecule has 32 heavy (non-hydrogen) atoms. The van der Waals surface area contributed by atoms with Gasteiger partial charge in [0.25, 0.3) is 5.91 Å². The van der Waals surface area contributed by atoms with E-state index in [1.54, 1.807) is 23.5 Å². The van der Waals surface area contributed by atoms with Gasteiger partial charge < -0.3 is 4.74 Å². The number of imide groups is 1. The average Bonchev–Trinajstić information content (AvgIpc) is 3.39. The Kier molecular flexibility index (Phi) is 5.93. The molecule has 6 nitrogen and oxygen atoms in total. The van der Waals surface area contributed by atoms with Gasteiger partial charge in [-0.1, -0.05) is 19.1 Å². The van der Waals surface area contributed by atoms with Crippen molar-refractivity contribution in [2.45, 2.75) is 44.6 Å². The summed E-state index contributed by atoms with van der Waals surface area (Å²) in [6, 6.07) is 15.1. The Hall–Kier alpha value is -2.77. The number of rotatable bonds is 6. The summed E-state index contributed by atoms with van der Waals surface area (Å²) in [7, 11) is 0. The fraction of sp³-hybridized carbons (Fsp3) is 0.400. The number of fused-ring (bicyclic) bond motifs is 1. The first-order valence-corrected chi connectivity index (χ1v) is 12.1. The van der Waals surface area contributed by atoms with Crippen molar-refractivity contribution in [1.29, 1.82) is 0 Å². The Bertz CT molecular complexity index is 1090. The lowest BCUT2D eigenvalue weighted by Gasteiger charge is -2.34. The minimum Gasteiger partial charge on any atom is -0.494 e. The second-order valence-electron chi connectivity index (χ2n) is 8.46. The molecule has 2 fully saturated rings. The summed E-state index contributed by atoms with van der Waals surface area (Å²) in [5, 5.41) is 1.19. The molecule has 7 heteroatoms. The summed E-state index contributed by atoms with van der Waals surface area (Å²) in [6.07, 6.45) is 3.10. The highest BCUT2D eigenvalue weighted by Gasteiger charge is 2.43. The minimum absolute atomic E-state index is 0.115. The van der Waals surface area contributed by atoms with Crippen LogP contribution in [-0.2, 0) is 9.59 Å². The van der Waals surface area contributed by atoms with Crippen LogP contribution in [-0.4, -0.2) is 47.4 Å². The van der Waals surface area contributed by atoms with Crippen molar-refractivity contribution < 1.29 is 14.3 Å². The number of ether oxygens (including phenoxy) is 1. The third-order valence-electron chi connectivity index (χ3n) is 6.32. The Morgan fingerprint density at radius 1 is 1.06 bits per heavy atom. The predicted octanol–water partition coefficient (Wildman–Crippen LogP) is 4.60. The smallest absolute Gasteiger partial charge is 0.251 e. The predicted molar refractivity (Wildman–Crippen MR) is 126 cm³/mol. The highest BCUT2D eigenvalue weighted by Crippen LogP contribution is 2.36. The van der Waals surface area contributed by atoms with E-state index in [1.165, 1.54) is 14.6 Å². The van der Waals surface area contributed by atoms with Gasteiger partial charge in [-0.2, -0.15) is 0 Å². The molecule has 2 aliphatic rings. The normalized spacial score (nSPS) is 20.4. The van der Waals surface area contributed by atoms with Crippen LogP contribution in [0.25, 0.3) is 10.2 Å². The first-order chi connectivity index (χ1) is 15.6. The number of nitrogens with zero attached hydrogens (tertiary/aromatic N) is 3. The molecule has 0 spiro atoms. The molecule has 0 unspecified atom stereocenters. The molecule has 5 rings (SSSR count). The molecule has 0 N–H and O–H groups in total. The molecule has 3 heterocycles. The number of benzene rings is 2. The number of hydrogen-bond acceptors (Lipinski definition) is 6. The number of anilines is 1. The van der Waals surface area contributed by atoms with E-state index >= 15 is 0 Å². The van der Waals surface area contributed by atoms with Gasteiger partial charge in [0.1, 0.15) is 5.75 Å². The summed E-state index contributed by atoms with van der Waals surface area (Å²) in [4.78, 5) is 34.2. The van der Waals surface area contributed by atoms with E-state index in [1.807, 2.05) is 24.3 Å². The molecule has 1 atom stereocenters. The van der Waals surface area contributed by atoms with Crippen molar-refractivity contribution in [2.75, 3.05) is 24.6 Å². The molecule has 0 bridgehead atoms. The standard InChI is InChI=1S/C25H27N3O3S/c1-2-15-31-19-9-7-18(8-10-19)28-23(29)16-21(25(28)30)27-13-11-17(12-14-27)24-26-20-5-3-4-6-22(20)32-24/h3-10,17,21H,2,11-16H2,1H3/t21-/m0/s1. The second kappa shape index (κ2) is 9.00. The van der Waals surface area contributed by atoms with Gasteiger partial charge in [-0.25, -0.2) is 9.88 Å². The van der Waals surface area contributed by atoms with Crippen LogP contribution in [0.4, 0.5) is 5.69 Å². The molecule has 2 saturated heterocycles. The van der Waals surface area contributed by atoms with Gasteiger partial charge in [0.05, 0.1) is 40.0 Å². The van der Waals surface area contributed by atoms with E-state index in [9.17, 15) is 9.59 Å². The third kappa shape index (κ3) is 4.02. The lowest BCUT2D eigenvalue weighted by Crippen LogP contribution is -2.45. The van der Waals surface area contributed by atoms with Crippen molar-refractivity contribution in [3.63, 3.8) is 0 Å². The Labute approximate surface area is 191 Å². The fourth-order valence-electron chi connectivity index (χ4n) is 4.61. The number of hydrogen-bond donors (Lipinski definition) is 0. The zero-order valence-corrected chi connectivity index (χ0v) is 19.0. The summed E-state index contributed by atoms with van der Waals surface area (Å²) < 4.78 is 6.83. The van der Waals surface area contributed by atoms with E-state index in [-0.39, 0.29) is 24.3 Å². The summed E-state index contributed by atoms with van der Waals surface area (Å²) >= 11 is 1.77. The van der Waals surface area contributed by atoms with Crippen molar-refractivity contribution in [3.05, 3.63) is 53.5 Å². The maximum atomic E-state index is 13.2. The van der Waals surface area contributed by atoms with Crippen molar-refractivity contribution in [3.8, 4) is 5.75 Å². The zero-order valence-electron chi connectivity index (χ0n) is 18.2. The van der Waals surface area contributed by atoms with E-state index in [2.05, 4.69) is 24.0 Å². The van der Waals surface area contributed by atoms with Crippen LogP contribution in [0.5, 0.6) is 5.75 Å². The first kappa shape index (κ1) is 21.1. The Morgan fingerprint density at radius 2 is 1.81 bits per heavy atom. The molecule has 2 aromatic carbocycles. The molecular weight excluding hydrogens is 422 g/mol. The van der Waals surface area contributed by atoms with Gasteiger partial charge in [0, 0.05) is 5.92 Å². The fourth-order valence-corrected chi connectivity index (χ4v) is 5.74. The molecule has 2 amide bonds. The van der Waals surface area contributed by atoms with Crippen LogP contribution in [0.3, 0.4) is 0 Å². The number of amides is 2. The first-order valence-electron chi connectivity index (χ1n) is 11.3. The van der Waals surface area contributed by atoms with Crippen molar-refractivity contribution >= 4 is 39.1 Å². The van der Waals surface area contributed by atoms with Gasteiger partial charge in [0.15, 0.2) is 0 Å². The van der Waals surface area contributed by atoms with E-state index < -0.39 is 0 Å². The third-order valence-corrected chi connectivity index (χ3v) is 7.52.